The van der Waals surface area contributed by atoms with Gasteiger partial charge < -0.3 is 0 Å². The second kappa shape index (κ2) is 5.95. The van der Waals surface area contributed by atoms with Crippen LogP contribution in [0.1, 0.15) is 49.3 Å². The van der Waals surface area contributed by atoms with Crippen LogP contribution < -0.4 is 0 Å². The summed E-state index contributed by atoms with van der Waals surface area (Å²) in [7, 11) is 0. The van der Waals surface area contributed by atoms with Gasteiger partial charge in [-0.25, -0.2) is 0 Å². The van der Waals surface area contributed by atoms with Gasteiger partial charge in [0.1, 0.15) is 0 Å². The molecular weight excluding hydrogens is 180 g/mol. The van der Waals surface area contributed by atoms with Gasteiger partial charge in [-0.2, -0.15) is 0 Å². The molecule has 1 aromatic rings. The van der Waals surface area contributed by atoms with Crippen LogP contribution in [0.15, 0.2) is 18.2 Å². The van der Waals surface area contributed by atoms with Gasteiger partial charge >= 0.3 is 0 Å². The van der Waals surface area contributed by atoms with Gasteiger partial charge in [-0.3, -0.25) is 0 Å². The molecule has 0 heterocycles. The first kappa shape index (κ1) is 12.3. The molecule has 0 atom stereocenters. The summed E-state index contributed by atoms with van der Waals surface area (Å²) in [4.78, 5) is 0. The van der Waals surface area contributed by atoms with E-state index in [1.54, 1.807) is 0 Å². The summed E-state index contributed by atoms with van der Waals surface area (Å²) < 4.78 is 0. The van der Waals surface area contributed by atoms with Crippen molar-refractivity contribution in [2.24, 2.45) is 5.92 Å². The van der Waals surface area contributed by atoms with E-state index in [4.69, 9.17) is 0 Å². The van der Waals surface area contributed by atoms with E-state index in [9.17, 15) is 0 Å². The van der Waals surface area contributed by atoms with Crippen molar-refractivity contribution in [3.63, 3.8) is 0 Å². The number of aryl methyl sites for hydroxylation is 3. The Morgan fingerprint density at radius 1 is 0.800 bits per heavy atom. The summed E-state index contributed by atoms with van der Waals surface area (Å²) in [5.74, 6) is 1.05. The van der Waals surface area contributed by atoms with Gasteiger partial charge in [-0.15, -0.1) is 0 Å². The lowest BCUT2D eigenvalue weighted by Crippen LogP contribution is -1.78. The van der Waals surface area contributed by atoms with Crippen LogP contribution in [0.3, 0.4) is 0 Å². The number of rotatable bonds is 0. The number of hydrogen-bond acceptors (Lipinski definition) is 0. The summed E-state index contributed by atoms with van der Waals surface area (Å²) >= 11 is 0. The SMILES string of the molecule is CC1CCCC1.Cc1cc(C)cc(C)c1. The molecule has 0 radical (unpaired) electrons. The van der Waals surface area contributed by atoms with Crippen molar-refractivity contribution in [3.8, 4) is 0 Å². The highest BCUT2D eigenvalue weighted by molar-refractivity contribution is 5.27. The van der Waals surface area contributed by atoms with Gasteiger partial charge in [0.15, 0.2) is 0 Å². The van der Waals surface area contributed by atoms with Crippen LogP contribution in [0.2, 0.25) is 0 Å². The van der Waals surface area contributed by atoms with Crippen LogP contribution in [-0.2, 0) is 0 Å². The van der Waals surface area contributed by atoms with Crippen LogP contribution in [0.25, 0.3) is 0 Å². The molecule has 1 fully saturated rings. The van der Waals surface area contributed by atoms with Gasteiger partial charge in [0.25, 0.3) is 0 Å². The van der Waals surface area contributed by atoms with E-state index < -0.39 is 0 Å². The van der Waals surface area contributed by atoms with Crippen molar-refractivity contribution in [1.82, 2.24) is 0 Å². The first-order valence-electron chi connectivity index (χ1n) is 6.13. The minimum absolute atomic E-state index is 1.05. The van der Waals surface area contributed by atoms with Crippen LogP contribution in [0.4, 0.5) is 0 Å². The molecule has 0 aromatic heterocycles. The largest absolute Gasteiger partial charge is 0.0625 e. The van der Waals surface area contributed by atoms with Crippen LogP contribution in [-0.4, -0.2) is 0 Å². The molecule has 1 aliphatic rings. The van der Waals surface area contributed by atoms with E-state index in [2.05, 4.69) is 45.9 Å². The average Bonchev–Trinajstić information content (AvgIpc) is 2.54. The molecule has 1 aliphatic carbocycles. The fourth-order valence-corrected chi connectivity index (χ4v) is 2.33. The van der Waals surface area contributed by atoms with Crippen molar-refractivity contribution in [2.45, 2.75) is 53.4 Å². The maximum atomic E-state index is 2.34. The maximum Gasteiger partial charge on any atom is -0.0398 e. The Morgan fingerprint density at radius 3 is 1.33 bits per heavy atom. The summed E-state index contributed by atoms with van der Waals surface area (Å²) in [6, 6.07) is 6.56. The second-order valence-corrected chi connectivity index (χ2v) is 5.05. The lowest BCUT2D eigenvalue weighted by atomic mass is 10.1. The fourth-order valence-electron chi connectivity index (χ4n) is 2.33. The first-order chi connectivity index (χ1) is 7.08. The molecule has 0 aliphatic heterocycles. The standard InChI is InChI=1S/C9H12.C6H12/c1-7-4-8(2)6-9(3)5-7;1-6-4-2-3-5-6/h4-6H,1-3H3;6H,2-5H2,1H3. The third kappa shape index (κ3) is 5.01. The minimum atomic E-state index is 1.05. The maximum absolute atomic E-state index is 2.34. The molecule has 15 heavy (non-hydrogen) atoms. The Kier molecular flexibility index (Phi) is 4.87. The molecule has 2 rings (SSSR count). The highest BCUT2D eigenvalue weighted by atomic mass is 14.1. The molecular formula is C15H24. The van der Waals surface area contributed by atoms with E-state index in [0.717, 1.165) is 5.92 Å². The Balaban J connectivity index is 0.000000162. The van der Waals surface area contributed by atoms with Crippen LogP contribution >= 0.6 is 0 Å². The van der Waals surface area contributed by atoms with Gasteiger partial charge in [0.2, 0.25) is 0 Å². The zero-order valence-corrected chi connectivity index (χ0v) is 10.6. The molecule has 0 bridgehead atoms. The van der Waals surface area contributed by atoms with Crippen molar-refractivity contribution in [2.75, 3.05) is 0 Å². The molecule has 0 N–H and O–H groups in total. The van der Waals surface area contributed by atoms with E-state index in [0.29, 0.717) is 0 Å². The summed E-state index contributed by atoms with van der Waals surface area (Å²) in [6.45, 7) is 8.72. The molecule has 0 amide bonds. The van der Waals surface area contributed by atoms with Crippen LogP contribution in [0, 0.1) is 26.7 Å². The molecule has 0 nitrogen and oxygen atoms in total. The summed E-state index contributed by atoms with van der Waals surface area (Å²) in [5.41, 5.74) is 4.06. The number of benzene rings is 1. The van der Waals surface area contributed by atoms with Crippen LogP contribution in [0.5, 0.6) is 0 Å². The zero-order chi connectivity index (χ0) is 11.3. The van der Waals surface area contributed by atoms with Crippen molar-refractivity contribution < 1.29 is 0 Å². The van der Waals surface area contributed by atoms with Crippen molar-refractivity contribution in [1.29, 1.82) is 0 Å². The van der Waals surface area contributed by atoms with Gasteiger partial charge in [-0.1, -0.05) is 67.5 Å². The molecule has 0 spiro atoms. The predicted octanol–water partition coefficient (Wildman–Crippen LogP) is 4.81. The highest BCUT2D eigenvalue weighted by Crippen LogP contribution is 2.22. The fraction of sp³-hybridized carbons (Fsp3) is 0.600. The average molecular weight is 204 g/mol. The Morgan fingerprint density at radius 2 is 1.13 bits per heavy atom. The van der Waals surface area contributed by atoms with E-state index >= 15 is 0 Å². The van der Waals surface area contributed by atoms with E-state index in [-0.39, 0.29) is 0 Å². The van der Waals surface area contributed by atoms with Gasteiger partial charge in [0.05, 0.1) is 0 Å². The molecule has 1 aromatic carbocycles. The van der Waals surface area contributed by atoms with Gasteiger partial charge in [-0.05, 0) is 26.7 Å². The second-order valence-electron chi connectivity index (χ2n) is 5.05. The first-order valence-corrected chi connectivity index (χ1v) is 6.13. The molecule has 84 valence electrons. The van der Waals surface area contributed by atoms with Gasteiger partial charge in [0, 0.05) is 0 Å². The van der Waals surface area contributed by atoms with E-state index in [1.165, 1.54) is 42.4 Å². The Labute approximate surface area is 94.7 Å². The lowest BCUT2D eigenvalue weighted by Gasteiger charge is -1.96. The Bertz CT molecular complexity index is 242. The third-order valence-corrected chi connectivity index (χ3v) is 3.01. The highest BCUT2D eigenvalue weighted by Gasteiger charge is 2.07. The molecule has 0 saturated heterocycles. The summed E-state index contributed by atoms with van der Waals surface area (Å²) in [6.07, 6.45) is 5.95. The molecule has 0 heteroatoms. The monoisotopic (exact) mass is 204 g/mol. The van der Waals surface area contributed by atoms with E-state index in [1.807, 2.05) is 0 Å². The van der Waals surface area contributed by atoms with Crippen molar-refractivity contribution >= 4 is 0 Å². The quantitative estimate of drug-likeness (QED) is 0.569. The molecule has 1 saturated carbocycles. The zero-order valence-electron chi connectivity index (χ0n) is 10.6. The molecule has 0 unspecified atom stereocenters. The lowest BCUT2D eigenvalue weighted by molar-refractivity contribution is 0.612. The normalized spacial score (nSPS) is 16.0. The number of hydrogen-bond donors (Lipinski definition) is 0. The van der Waals surface area contributed by atoms with Crippen molar-refractivity contribution in [3.05, 3.63) is 34.9 Å². The minimum Gasteiger partial charge on any atom is -0.0625 e. The smallest absolute Gasteiger partial charge is 0.0398 e. The summed E-state index contributed by atoms with van der Waals surface area (Å²) in [5, 5.41) is 0. The predicted molar refractivity (Wildman–Crippen MR) is 68.3 cm³/mol. The third-order valence-electron chi connectivity index (χ3n) is 3.01. The topological polar surface area (TPSA) is 0 Å². The Hall–Kier alpha value is -0.780.